The summed E-state index contributed by atoms with van der Waals surface area (Å²) in [7, 11) is 0. The number of rotatable bonds is 5. The van der Waals surface area contributed by atoms with Crippen LogP contribution in [0.2, 0.25) is 0 Å². The fraction of sp³-hybridized carbons (Fsp3) is 0.545. The number of carbonyl (C=O) groups is 3. The molecule has 0 saturated carbocycles. The highest BCUT2D eigenvalue weighted by Crippen LogP contribution is 2.43. The zero-order valence-corrected chi connectivity index (χ0v) is 27.6. The van der Waals surface area contributed by atoms with Crippen molar-refractivity contribution in [2.24, 2.45) is 0 Å². The Morgan fingerprint density at radius 3 is 2.38 bits per heavy atom. The molecule has 1 atom stereocenters. The van der Waals surface area contributed by atoms with Gasteiger partial charge < -0.3 is 29.9 Å². The second-order valence-corrected chi connectivity index (χ2v) is 13.7. The number of anilines is 2. The third-order valence-electron chi connectivity index (χ3n) is 9.89. The average Bonchev–Trinajstić information content (AvgIpc) is 3.06. The van der Waals surface area contributed by atoms with Gasteiger partial charge in [-0.25, -0.2) is 9.59 Å². The maximum absolute atomic E-state index is 13.9. The van der Waals surface area contributed by atoms with E-state index < -0.39 is 47.2 Å². The zero-order valence-electron chi connectivity index (χ0n) is 26.0. The Morgan fingerprint density at radius 2 is 1.70 bits per heavy atom. The van der Waals surface area contributed by atoms with Crippen molar-refractivity contribution in [3.63, 3.8) is 0 Å². The Labute approximate surface area is 279 Å². The molecule has 2 aromatic carbocycles. The lowest BCUT2D eigenvalue weighted by molar-refractivity contribution is -0.142. The maximum atomic E-state index is 13.9. The van der Waals surface area contributed by atoms with Gasteiger partial charge in [-0.3, -0.25) is 10.1 Å². The molecular weight excluding hydrogens is 683 g/mol. The van der Waals surface area contributed by atoms with E-state index >= 15 is 0 Å². The number of alkyl halides is 3. The minimum atomic E-state index is -4.71. The molecule has 0 aromatic heterocycles. The van der Waals surface area contributed by atoms with Crippen LogP contribution in [0.15, 0.2) is 40.9 Å². The van der Waals surface area contributed by atoms with E-state index in [-0.39, 0.29) is 29.5 Å². The fourth-order valence-electron chi connectivity index (χ4n) is 7.33. The summed E-state index contributed by atoms with van der Waals surface area (Å²) >= 11 is 3.12. The number of nitrogens with two attached hydrogens (primary N) is 1. The summed E-state index contributed by atoms with van der Waals surface area (Å²) in [6.45, 7) is 3.41. The Hall–Kier alpha value is -3.52. The van der Waals surface area contributed by atoms with Gasteiger partial charge in [0.2, 0.25) is 0 Å². The molecule has 14 heteroatoms. The van der Waals surface area contributed by atoms with E-state index in [9.17, 15) is 27.6 Å². The molecule has 0 radical (unpaired) electrons. The first-order valence-electron chi connectivity index (χ1n) is 16.2. The van der Waals surface area contributed by atoms with Crippen LogP contribution >= 0.6 is 15.9 Å². The van der Waals surface area contributed by atoms with Crippen LogP contribution in [0.25, 0.3) is 0 Å². The minimum absolute atomic E-state index is 0.0420. The molecule has 3 fully saturated rings. The number of halogens is 4. The van der Waals surface area contributed by atoms with Gasteiger partial charge in [0, 0.05) is 61.5 Å². The Bertz CT molecular complexity index is 1500. The van der Waals surface area contributed by atoms with Crippen LogP contribution in [0.4, 0.5) is 34.1 Å². The van der Waals surface area contributed by atoms with Crippen LogP contribution in [0.3, 0.4) is 0 Å². The van der Waals surface area contributed by atoms with Crippen LogP contribution in [-0.4, -0.2) is 84.2 Å². The fourth-order valence-corrected chi connectivity index (χ4v) is 7.84. The lowest BCUT2D eigenvalue weighted by Crippen LogP contribution is -2.53. The zero-order chi connectivity index (χ0) is 33.3. The third-order valence-corrected chi connectivity index (χ3v) is 10.5. The van der Waals surface area contributed by atoms with Crippen molar-refractivity contribution in [2.45, 2.75) is 75.3 Å². The molecular formula is C33H39BrF3N5O5. The predicted molar refractivity (Wildman–Crippen MR) is 172 cm³/mol. The summed E-state index contributed by atoms with van der Waals surface area (Å²) in [5, 5.41) is 2.71. The number of carbonyl (C=O) groups excluding carboxylic acids is 3. The number of nitrogen functional groups attached to an aromatic ring is 1. The number of hydrogen-bond acceptors (Lipinski definition) is 7. The van der Waals surface area contributed by atoms with Gasteiger partial charge in [-0.2, -0.15) is 13.2 Å². The highest BCUT2D eigenvalue weighted by atomic mass is 79.9. The normalized spacial score (nSPS) is 21.1. The van der Waals surface area contributed by atoms with Gasteiger partial charge in [0.1, 0.15) is 5.60 Å². The highest BCUT2D eigenvalue weighted by molar-refractivity contribution is 9.10. The molecule has 4 heterocycles. The molecule has 0 bridgehead atoms. The lowest BCUT2D eigenvalue weighted by Gasteiger charge is -2.44. The van der Waals surface area contributed by atoms with Crippen LogP contribution in [0.5, 0.6) is 0 Å². The number of piperidine rings is 3. The van der Waals surface area contributed by atoms with Crippen LogP contribution in [0.1, 0.15) is 61.6 Å². The molecule has 1 spiro atoms. The Morgan fingerprint density at radius 1 is 1.02 bits per heavy atom. The molecule has 0 unspecified atom stereocenters. The Kier molecular flexibility index (Phi) is 9.62. The van der Waals surface area contributed by atoms with Crippen molar-refractivity contribution in [3.05, 3.63) is 57.6 Å². The third kappa shape index (κ3) is 7.18. The summed E-state index contributed by atoms with van der Waals surface area (Å²) in [6.07, 6.45) is -1.89. The second-order valence-electron chi connectivity index (χ2n) is 12.8. The number of fused-ring (bicyclic) bond motifs is 2. The first-order chi connectivity index (χ1) is 22.4. The topological polar surface area (TPSA) is 117 Å². The van der Waals surface area contributed by atoms with Crippen molar-refractivity contribution >= 4 is 45.4 Å². The quantitative estimate of drug-likeness (QED) is 0.357. The van der Waals surface area contributed by atoms with Crippen LogP contribution in [-0.2, 0) is 32.5 Å². The van der Waals surface area contributed by atoms with Gasteiger partial charge >= 0.3 is 18.4 Å². The molecule has 3 N–H and O–H groups in total. The van der Waals surface area contributed by atoms with Crippen LogP contribution < -0.4 is 11.1 Å². The van der Waals surface area contributed by atoms with Gasteiger partial charge in [0.15, 0.2) is 6.10 Å². The standard InChI is InChI=1S/C33H39BrF3N5O5/c34-25-19-21(18-24(28(25)38)33(35,36)37)20-27(29(43)41-14-8-22(9-15-41)40-12-4-1-5-13-40)46-31(45)42-16-10-32(11-17-42)23-6-2-3-7-26(23)39-30(44)47-32/h2-3,6-7,18-19,22,27H,1,4-5,8-17,20,38H2,(H,39,44)/t27-/m1/s1. The first-order valence-corrected chi connectivity index (χ1v) is 17.0. The maximum Gasteiger partial charge on any atom is 0.418 e. The number of benzene rings is 2. The van der Waals surface area contributed by atoms with Crippen molar-refractivity contribution < 1.29 is 37.0 Å². The van der Waals surface area contributed by atoms with E-state index in [1.54, 1.807) is 11.0 Å². The summed E-state index contributed by atoms with van der Waals surface area (Å²) < 4.78 is 53.1. The smallest absolute Gasteiger partial charge is 0.418 e. The number of nitrogens with one attached hydrogen (secondary N) is 1. The largest absolute Gasteiger partial charge is 0.438 e. The molecule has 0 aliphatic carbocycles. The Balaban J connectivity index is 1.18. The van der Waals surface area contributed by atoms with E-state index in [2.05, 4.69) is 26.1 Å². The summed E-state index contributed by atoms with van der Waals surface area (Å²) in [5.74, 6) is -0.438. The first kappa shape index (κ1) is 33.4. The van der Waals surface area contributed by atoms with E-state index in [0.717, 1.165) is 50.4 Å². The number of nitrogens with zero attached hydrogens (tertiary/aromatic N) is 3. The van der Waals surface area contributed by atoms with Gasteiger partial charge in [-0.1, -0.05) is 24.6 Å². The molecule has 4 aliphatic heterocycles. The predicted octanol–water partition coefficient (Wildman–Crippen LogP) is 6.13. The molecule has 2 aromatic rings. The van der Waals surface area contributed by atoms with Crippen molar-refractivity contribution in [2.75, 3.05) is 50.3 Å². The number of amides is 3. The molecule has 3 saturated heterocycles. The molecule has 47 heavy (non-hydrogen) atoms. The summed E-state index contributed by atoms with van der Waals surface area (Å²) in [4.78, 5) is 45.4. The molecule has 254 valence electrons. The monoisotopic (exact) mass is 721 g/mol. The number of hydrogen-bond donors (Lipinski definition) is 2. The molecule has 4 aliphatic rings. The van der Waals surface area contributed by atoms with E-state index in [1.165, 1.54) is 17.4 Å². The lowest BCUT2D eigenvalue weighted by atomic mass is 9.82. The van der Waals surface area contributed by atoms with Gasteiger partial charge in [-0.05, 0) is 78.5 Å². The summed E-state index contributed by atoms with van der Waals surface area (Å²) in [6, 6.07) is 10.1. The number of likely N-dealkylation sites (tertiary alicyclic amines) is 3. The molecule has 10 nitrogen and oxygen atoms in total. The minimum Gasteiger partial charge on any atom is -0.438 e. The molecule has 3 amide bonds. The number of ether oxygens (including phenoxy) is 2. The van der Waals surface area contributed by atoms with E-state index in [0.29, 0.717) is 37.7 Å². The SMILES string of the molecule is Nc1c(Br)cc(C[C@@H](OC(=O)N2CCC3(CC2)OC(=O)Nc2ccccc23)C(=O)N2CCC(N3CCCCC3)CC2)cc1C(F)(F)F. The van der Waals surface area contributed by atoms with Gasteiger partial charge in [0.25, 0.3) is 5.91 Å². The van der Waals surface area contributed by atoms with Gasteiger partial charge in [0.05, 0.1) is 16.9 Å². The average molecular weight is 723 g/mol. The van der Waals surface area contributed by atoms with Crippen molar-refractivity contribution in [3.8, 4) is 0 Å². The van der Waals surface area contributed by atoms with Crippen LogP contribution in [0, 0.1) is 0 Å². The summed E-state index contributed by atoms with van der Waals surface area (Å²) in [5.41, 5.74) is 4.96. The molecule has 6 rings (SSSR count). The van der Waals surface area contributed by atoms with Gasteiger partial charge in [-0.15, -0.1) is 0 Å². The van der Waals surface area contributed by atoms with Crippen molar-refractivity contribution in [1.82, 2.24) is 14.7 Å². The van der Waals surface area contributed by atoms with E-state index in [4.69, 9.17) is 15.2 Å². The number of para-hydroxylation sites is 1. The van der Waals surface area contributed by atoms with E-state index in [1.807, 2.05) is 18.2 Å². The van der Waals surface area contributed by atoms with Crippen molar-refractivity contribution in [1.29, 1.82) is 0 Å². The highest BCUT2D eigenvalue weighted by Gasteiger charge is 2.46. The second kappa shape index (κ2) is 13.5.